The second kappa shape index (κ2) is 5.23. The fourth-order valence-electron chi connectivity index (χ4n) is 2.70. The van der Waals surface area contributed by atoms with Gasteiger partial charge in [0.25, 0.3) is 5.91 Å². The zero-order valence-electron chi connectivity index (χ0n) is 11.7. The fraction of sp³-hybridized carbons (Fsp3) is 0.286. The number of nitrogens with one attached hydrogen (secondary N) is 2. The van der Waals surface area contributed by atoms with Gasteiger partial charge in [0.1, 0.15) is 11.0 Å². The second-order valence-corrected chi connectivity index (χ2v) is 5.13. The van der Waals surface area contributed by atoms with Gasteiger partial charge in [0.15, 0.2) is 0 Å². The van der Waals surface area contributed by atoms with Gasteiger partial charge < -0.3 is 9.64 Å². The first-order chi connectivity index (χ1) is 10.8. The first-order valence-corrected chi connectivity index (χ1v) is 7.01. The summed E-state index contributed by atoms with van der Waals surface area (Å²) in [6.45, 7) is 1.53. The molecule has 0 unspecified atom stereocenters. The maximum absolute atomic E-state index is 12.8. The van der Waals surface area contributed by atoms with Crippen molar-refractivity contribution in [2.45, 2.75) is 6.04 Å². The molecule has 0 spiro atoms. The highest BCUT2D eigenvalue weighted by Crippen LogP contribution is 2.25. The number of amides is 1. The monoisotopic (exact) mass is 298 g/mol. The highest BCUT2D eigenvalue weighted by molar-refractivity contribution is 5.97. The van der Waals surface area contributed by atoms with Crippen LogP contribution in [0.2, 0.25) is 0 Å². The molecule has 0 saturated carbocycles. The van der Waals surface area contributed by atoms with Crippen molar-refractivity contribution in [1.82, 2.24) is 30.5 Å². The molecule has 1 aromatic carbocycles. The first kappa shape index (κ1) is 13.0. The molecule has 4 rings (SSSR count). The lowest BCUT2D eigenvalue weighted by Gasteiger charge is -2.35. The number of hydrogen-bond donors (Lipinski definition) is 2. The minimum absolute atomic E-state index is 0.0483. The van der Waals surface area contributed by atoms with Gasteiger partial charge in [-0.25, -0.2) is 0 Å². The Hall–Kier alpha value is -2.74. The molecule has 3 heterocycles. The summed E-state index contributed by atoms with van der Waals surface area (Å²) >= 11 is 0. The van der Waals surface area contributed by atoms with E-state index in [0.29, 0.717) is 30.8 Å². The van der Waals surface area contributed by atoms with Gasteiger partial charge >= 0.3 is 0 Å². The molecule has 8 heteroatoms. The number of H-pyrrole nitrogens is 2. The van der Waals surface area contributed by atoms with Gasteiger partial charge in [-0.3, -0.25) is 9.89 Å². The van der Waals surface area contributed by atoms with Crippen molar-refractivity contribution >= 4 is 16.9 Å². The number of rotatable bonds is 2. The van der Waals surface area contributed by atoms with Crippen LogP contribution in [0.5, 0.6) is 0 Å². The molecule has 0 radical (unpaired) electrons. The Morgan fingerprint density at radius 2 is 2.18 bits per heavy atom. The standard InChI is InChI=1S/C14H14N6O2/c21-14(9-1-2-10-12(7-9)18-19-17-10)20-5-6-22-8-13(20)11-3-4-15-16-11/h1-4,7,13H,5-6,8H2,(H,15,16)(H,17,18,19)/t13-/m1/s1. The van der Waals surface area contributed by atoms with E-state index in [-0.39, 0.29) is 11.9 Å². The van der Waals surface area contributed by atoms with E-state index < -0.39 is 0 Å². The second-order valence-electron chi connectivity index (χ2n) is 5.13. The molecule has 1 amide bonds. The molecule has 1 aliphatic rings. The Morgan fingerprint density at radius 1 is 1.27 bits per heavy atom. The molecule has 1 fully saturated rings. The smallest absolute Gasteiger partial charge is 0.254 e. The lowest BCUT2D eigenvalue weighted by atomic mass is 10.1. The minimum Gasteiger partial charge on any atom is -0.377 e. The summed E-state index contributed by atoms with van der Waals surface area (Å²) < 4.78 is 5.51. The van der Waals surface area contributed by atoms with E-state index in [9.17, 15) is 4.79 Å². The Kier molecular flexibility index (Phi) is 3.08. The van der Waals surface area contributed by atoms with E-state index in [0.717, 1.165) is 11.2 Å². The molecule has 2 aromatic heterocycles. The number of ether oxygens (including phenoxy) is 1. The third kappa shape index (κ3) is 2.13. The van der Waals surface area contributed by atoms with Gasteiger partial charge in [-0.2, -0.15) is 20.5 Å². The van der Waals surface area contributed by atoms with Crippen LogP contribution < -0.4 is 0 Å². The molecule has 1 saturated heterocycles. The summed E-state index contributed by atoms with van der Waals surface area (Å²) in [5.41, 5.74) is 2.88. The lowest BCUT2D eigenvalue weighted by molar-refractivity contribution is -0.00390. The molecule has 0 bridgehead atoms. The van der Waals surface area contributed by atoms with Crippen LogP contribution in [0.4, 0.5) is 0 Å². The van der Waals surface area contributed by atoms with Crippen LogP contribution in [0.25, 0.3) is 11.0 Å². The van der Waals surface area contributed by atoms with Gasteiger partial charge in [0, 0.05) is 18.3 Å². The number of nitrogens with zero attached hydrogens (tertiary/aromatic N) is 4. The van der Waals surface area contributed by atoms with Crippen LogP contribution in [0, 0.1) is 0 Å². The number of aromatic amines is 2. The van der Waals surface area contributed by atoms with Crippen molar-refractivity contribution in [2.75, 3.05) is 19.8 Å². The highest BCUT2D eigenvalue weighted by Gasteiger charge is 2.30. The number of carbonyl (C=O) groups excluding carboxylic acids is 1. The number of fused-ring (bicyclic) bond motifs is 1. The SMILES string of the molecule is O=C(c1ccc2n[nH]nc2c1)N1CCOC[C@@H]1c1ccn[nH]1. The van der Waals surface area contributed by atoms with Crippen LogP contribution in [-0.2, 0) is 4.74 Å². The Bertz CT molecular complexity index is 797. The number of hydrogen-bond acceptors (Lipinski definition) is 5. The van der Waals surface area contributed by atoms with Crippen molar-refractivity contribution in [2.24, 2.45) is 0 Å². The van der Waals surface area contributed by atoms with E-state index in [4.69, 9.17) is 4.74 Å². The maximum Gasteiger partial charge on any atom is 0.254 e. The molecule has 1 aliphatic heterocycles. The molecule has 0 aliphatic carbocycles. The Balaban J connectivity index is 1.67. The van der Waals surface area contributed by atoms with Crippen molar-refractivity contribution in [3.05, 3.63) is 41.7 Å². The molecule has 22 heavy (non-hydrogen) atoms. The van der Waals surface area contributed by atoms with E-state index in [1.54, 1.807) is 29.3 Å². The molecule has 3 aromatic rings. The quantitative estimate of drug-likeness (QED) is 0.732. The third-order valence-electron chi connectivity index (χ3n) is 3.83. The van der Waals surface area contributed by atoms with E-state index in [1.807, 2.05) is 6.07 Å². The summed E-state index contributed by atoms with van der Waals surface area (Å²) in [7, 11) is 0. The third-order valence-corrected chi connectivity index (χ3v) is 3.83. The van der Waals surface area contributed by atoms with Crippen molar-refractivity contribution in [1.29, 1.82) is 0 Å². The molecule has 112 valence electrons. The zero-order chi connectivity index (χ0) is 14.9. The normalized spacial score (nSPS) is 18.7. The van der Waals surface area contributed by atoms with Crippen molar-refractivity contribution in [3.8, 4) is 0 Å². The Labute approximate surface area is 125 Å². The van der Waals surface area contributed by atoms with E-state index in [2.05, 4.69) is 25.6 Å². The average Bonchev–Trinajstić information content (AvgIpc) is 3.24. The summed E-state index contributed by atoms with van der Waals surface area (Å²) in [6.07, 6.45) is 1.67. The van der Waals surface area contributed by atoms with Gasteiger partial charge in [0.2, 0.25) is 0 Å². The van der Waals surface area contributed by atoms with Crippen LogP contribution in [0.1, 0.15) is 22.1 Å². The summed E-state index contributed by atoms with van der Waals surface area (Å²) in [6, 6.07) is 7.02. The average molecular weight is 298 g/mol. The van der Waals surface area contributed by atoms with Gasteiger partial charge in [0.05, 0.1) is 24.9 Å². The fourth-order valence-corrected chi connectivity index (χ4v) is 2.70. The van der Waals surface area contributed by atoms with Crippen molar-refractivity contribution in [3.63, 3.8) is 0 Å². The molecule has 2 N–H and O–H groups in total. The van der Waals surface area contributed by atoms with Crippen molar-refractivity contribution < 1.29 is 9.53 Å². The largest absolute Gasteiger partial charge is 0.377 e. The number of carbonyl (C=O) groups is 1. The zero-order valence-corrected chi connectivity index (χ0v) is 11.7. The first-order valence-electron chi connectivity index (χ1n) is 7.01. The van der Waals surface area contributed by atoms with Crippen LogP contribution in [0.15, 0.2) is 30.5 Å². The van der Waals surface area contributed by atoms with Gasteiger partial charge in [-0.1, -0.05) is 0 Å². The van der Waals surface area contributed by atoms with E-state index >= 15 is 0 Å². The maximum atomic E-state index is 12.8. The van der Waals surface area contributed by atoms with E-state index in [1.165, 1.54) is 0 Å². The van der Waals surface area contributed by atoms with Crippen LogP contribution >= 0.6 is 0 Å². The summed E-state index contributed by atoms with van der Waals surface area (Å²) in [4.78, 5) is 14.7. The predicted octanol–water partition coefficient (Wildman–Crippen LogP) is 0.895. The van der Waals surface area contributed by atoms with Gasteiger partial charge in [-0.05, 0) is 24.3 Å². The van der Waals surface area contributed by atoms with Crippen LogP contribution in [-0.4, -0.2) is 56.2 Å². The molecular formula is C14H14N6O2. The minimum atomic E-state index is -0.156. The molecule has 8 nitrogen and oxygen atoms in total. The summed E-state index contributed by atoms with van der Waals surface area (Å²) in [5.74, 6) is -0.0483. The number of morpholine rings is 1. The Morgan fingerprint density at radius 3 is 3.05 bits per heavy atom. The van der Waals surface area contributed by atoms with Gasteiger partial charge in [-0.15, -0.1) is 0 Å². The summed E-state index contributed by atoms with van der Waals surface area (Å²) in [5, 5.41) is 17.5. The highest BCUT2D eigenvalue weighted by atomic mass is 16.5. The topological polar surface area (TPSA) is 99.8 Å². The molecular weight excluding hydrogens is 284 g/mol. The predicted molar refractivity (Wildman–Crippen MR) is 77.1 cm³/mol. The number of aromatic nitrogens is 5. The van der Waals surface area contributed by atoms with Crippen LogP contribution in [0.3, 0.4) is 0 Å². The number of benzene rings is 1. The lowest BCUT2D eigenvalue weighted by Crippen LogP contribution is -2.43. The molecule has 1 atom stereocenters.